The van der Waals surface area contributed by atoms with Crippen LogP contribution in [-0.2, 0) is 27.8 Å². The fourth-order valence-corrected chi connectivity index (χ4v) is 8.88. The van der Waals surface area contributed by atoms with E-state index in [0.717, 1.165) is 43.6 Å². The predicted molar refractivity (Wildman–Crippen MR) is 169 cm³/mol. The average molecular weight is 607 g/mol. The number of nitrogens with zero attached hydrogens (tertiary/aromatic N) is 1. The molecule has 2 spiro atoms. The molecule has 3 aliphatic carbocycles. The Hall–Kier alpha value is -2.87. The molecule has 4 unspecified atom stereocenters. The van der Waals surface area contributed by atoms with Gasteiger partial charge in [-0.1, -0.05) is 72.6 Å². The number of ether oxygens (including phenoxy) is 2. The van der Waals surface area contributed by atoms with E-state index in [1.54, 1.807) is 7.11 Å². The Kier molecular flexibility index (Phi) is 7.65. The van der Waals surface area contributed by atoms with E-state index in [-0.39, 0.29) is 22.5 Å². The van der Waals surface area contributed by atoms with Crippen LogP contribution in [0.5, 0.6) is 5.75 Å². The van der Waals surface area contributed by atoms with Gasteiger partial charge in [-0.05, 0) is 79.8 Å². The highest BCUT2D eigenvalue weighted by atomic mass is 35.5. The van der Waals surface area contributed by atoms with Crippen LogP contribution in [0.25, 0.3) is 0 Å². The zero-order valence-corrected chi connectivity index (χ0v) is 25.7. The summed E-state index contributed by atoms with van der Waals surface area (Å²) in [6.45, 7) is 3.60. The number of nitrogens with two attached hydrogens (primary N) is 1. The third-order valence-corrected chi connectivity index (χ3v) is 10.8. The van der Waals surface area contributed by atoms with Crippen molar-refractivity contribution in [1.29, 1.82) is 0 Å². The van der Waals surface area contributed by atoms with Crippen LogP contribution in [0.2, 0.25) is 10.0 Å². The second kappa shape index (κ2) is 11.0. The Morgan fingerprint density at radius 1 is 1.12 bits per heavy atom. The summed E-state index contributed by atoms with van der Waals surface area (Å²) in [4.78, 5) is 13.3. The zero-order chi connectivity index (χ0) is 29.7. The van der Waals surface area contributed by atoms with Crippen LogP contribution in [0.15, 0.2) is 72.8 Å². The van der Waals surface area contributed by atoms with E-state index in [0.29, 0.717) is 28.3 Å². The summed E-state index contributed by atoms with van der Waals surface area (Å²) in [6.07, 6.45) is 8.40. The number of hydrogen-bond donors (Lipinski definition) is 2. The molecule has 0 radical (unpaired) electrons. The first kappa shape index (κ1) is 29.2. The number of hydrogen-bond acceptors (Lipinski definition) is 6. The average Bonchev–Trinajstić information content (AvgIpc) is 3.09. The molecule has 3 N–H and O–H groups in total. The largest absolute Gasteiger partial charge is 0.429 e. The number of rotatable bonds is 6. The van der Waals surface area contributed by atoms with Crippen LogP contribution in [0.1, 0.15) is 36.5 Å². The van der Waals surface area contributed by atoms with Crippen molar-refractivity contribution in [1.82, 2.24) is 4.90 Å². The SMILES string of the molecule is CCc1ccccc1Nc1c(Cl)cccc1Cl.CO[C@H]1CC=CC23CN(C)C4Cc5ccc(OC=O)cc5C1(C2)C43N. The highest BCUT2D eigenvalue weighted by Crippen LogP contribution is 2.73. The number of nitrogens with one attached hydrogen (secondary N) is 1. The minimum atomic E-state index is -0.352. The molecule has 7 rings (SSSR count). The molecule has 3 aromatic carbocycles. The molecular weight excluding hydrogens is 569 g/mol. The Morgan fingerprint density at radius 2 is 1.88 bits per heavy atom. The monoisotopic (exact) mass is 605 g/mol. The maximum atomic E-state index is 10.8. The molecular formula is C34H37Cl2N3O3. The third-order valence-electron chi connectivity index (χ3n) is 10.1. The standard InChI is InChI=1S/C20H24N2O3.C14H13Cl2N/c1-22-11-18-7-3-4-17(24-2)19(10-18)15-9-14(25-12-23)6-5-13(15)8-16(22)20(18,19)21;1-2-10-6-3-4-9-13(10)17-14-11(15)7-5-8-12(14)16/h3,5-7,9,12,16-17H,4,8,10-11,21H2,1-2H3;3-9,17H,2H2,1H3/t16?,17-,18?,19?,20?;/m0./s1. The van der Waals surface area contributed by atoms with Crippen LogP contribution < -0.4 is 15.8 Å². The van der Waals surface area contributed by atoms with E-state index in [1.807, 2.05) is 48.5 Å². The molecule has 4 aliphatic rings. The van der Waals surface area contributed by atoms with E-state index >= 15 is 0 Å². The number of likely N-dealkylation sites (N-methyl/N-ethyl adjacent to an activating group) is 1. The van der Waals surface area contributed by atoms with Crippen LogP contribution in [-0.4, -0.2) is 49.8 Å². The molecule has 1 saturated carbocycles. The van der Waals surface area contributed by atoms with Crippen molar-refractivity contribution < 1.29 is 14.3 Å². The topological polar surface area (TPSA) is 76.8 Å². The van der Waals surface area contributed by atoms with Crippen LogP contribution in [0.4, 0.5) is 11.4 Å². The van der Waals surface area contributed by atoms with Crippen molar-refractivity contribution in [3.8, 4) is 5.75 Å². The van der Waals surface area contributed by atoms with Gasteiger partial charge < -0.3 is 25.4 Å². The molecule has 42 heavy (non-hydrogen) atoms. The number of para-hydroxylation sites is 2. The predicted octanol–water partition coefficient (Wildman–Crippen LogP) is 6.69. The zero-order valence-electron chi connectivity index (χ0n) is 24.2. The third kappa shape index (κ3) is 4.15. The van der Waals surface area contributed by atoms with Crippen molar-refractivity contribution >= 4 is 41.0 Å². The Bertz CT molecular complexity index is 1530. The van der Waals surface area contributed by atoms with E-state index in [2.05, 4.69) is 48.5 Å². The molecule has 8 heteroatoms. The maximum absolute atomic E-state index is 10.8. The highest BCUT2D eigenvalue weighted by Gasteiger charge is 2.81. The molecule has 1 heterocycles. The summed E-state index contributed by atoms with van der Waals surface area (Å²) >= 11 is 12.3. The minimum Gasteiger partial charge on any atom is -0.429 e. The first-order valence-corrected chi connectivity index (χ1v) is 15.2. The van der Waals surface area contributed by atoms with Crippen molar-refractivity contribution in [2.45, 2.75) is 55.7 Å². The molecule has 1 aliphatic heterocycles. The van der Waals surface area contributed by atoms with E-state index in [9.17, 15) is 4.79 Å². The summed E-state index contributed by atoms with van der Waals surface area (Å²) in [5.41, 5.74) is 12.3. The lowest BCUT2D eigenvalue weighted by molar-refractivity contribution is -0.126. The smallest absolute Gasteiger partial charge is 0.298 e. The summed E-state index contributed by atoms with van der Waals surface area (Å²) in [7, 11) is 3.98. The van der Waals surface area contributed by atoms with E-state index in [1.165, 1.54) is 16.7 Å². The number of benzene rings is 3. The number of aryl methyl sites for hydroxylation is 1. The van der Waals surface area contributed by atoms with Gasteiger partial charge in [0.15, 0.2) is 0 Å². The number of carbonyl (C=O) groups excluding carboxylic acids is 1. The highest BCUT2D eigenvalue weighted by molar-refractivity contribution is 6.39. The second-order valence-electron chi connectivity index (χ2n) is 11.9. The first-order chi connectivity index (χ1) is 20.2. The van der Waals surface area contributed by atoms with E-state index < -0.39 is 0 Å². The van der Waals surface area contributed by atoms with Gasteiger partial charge in [-0.15, -0.1) is 0 Å². The maximum Gasteiger partial charge on any atom is 0.298 e. The lowest BCUT2D eigenvalue weighted by atomic mass is 9.35. The molecule has 6 nitrogen and oxygen atoms in total. The number of anilines is 2. The van der Waals surface area contributed by atoms with Gasteiger partial charge in [0.05, 0.1) is 27.4 Å². The fraction of sp³-hybridized carbons (Fsp3) is 0.382. The Balaban J connectivity index is 0.000000163. The number of carbonyl (C=O) groups is 1. The van der Waals surface area contributed by atoms with E-state index in [4.69, 9.17) is 38.4 Å². The number of likely N-dealkylation sites (tertiary alicyclic amines) is 1. The van der Waals surface area contributed by atoms with Crippen molar-refractivity contribution in [2.75, 3.05) is 26.0 Å². The number of methoxy groups -OCH3 is 1. The Labute approximate surface area is 257 Å². The fourth-order valence-electron chi connectivity index (χ4n) is 8.39. The molecule has 5 atom stereocenters. The van der Waals surface area contributed by atoms with Gasteiger partial charge in [0.1, 0.15) is 5.75 Å². The molecule has 2 fully saturated rings. The lowest BCUT2D eigenvalue weighted by Crippen LogP contribution is -2.84. The lowest BCUT2D eigenvalue weighted by Gasteiger charge is -2.70. The first-order valence-electron chi connectivity index (χ1n) is 14.5. The van der Waals surface area contributed by atoms with Crippen LogP contribution >= 0.6 is 23.2 Å². The molecule has 1 saturated heterocycles. The molecule has 220 valence electrons. The van der Waals surface area contributed by atoms with Gasteiger partial charge in [-0.2, -0.15) is 0 Å². The van der Waals surface area contributed by atoms with Crippen molar-refractivity contribution in [3.05, 3.63) is 99.6 Å². The second-order valence-corrected chi connectivity index (χ2v) is 12.8. The van der Waals surface area contributed by atoms with Crippen molar-refractivity contribution in [2.24, 2.45) is 11.1 Å². The summed E-state index contributed by atoms with van der Waals surface area (Å²) in [5.74, 6) is 0.584. The van der Waals surface area contributed by atoms with Gasteiger partial charge in [0.2, 0.25) is 0 Å². The number of halogens is 2. The van der Waals surface area contributed by atoms with Crippen molar-refractivity contribution in [3.63, 3.8) is 0 Å². The quantitative estimate of drug-likeness (QED) is 0.241. The normalized spacial score (nSPS) is 30.1. The van der Waals surface area contributed by atoms with Crippen LogP contribution in [0.3, 0.4) is 0 Å². The molecule has 2 bridgehead atoms. The molecule has 3 aromatic rings. The molecule has 0 aromatic heterocycles. The van der Waals surface area contributed by atoms with Gasteiger partial charge in [-0.25, -0.2) is 0 Å². The van der Waals surface area contributed by atoms with Gasteiger partial charge in [0, 0.05) is 36.2 Å². The van der Waals surface area contributed by atoms with Gasteiger partial charge in [-0.3, -0.25) is 4.79 Å². The minimum absolute atomic E-state index is 0.0128. The van der Waals surface area contributed by atoms with Gasteiger partial charge in [0.25, 0.3) is 6.47 Å². The number of fused-ring (bicyclic) bond motifs is 1. The van der Waals surface area contributed by atoms with Crippen LogP contribution in [0, 0.1) is 5.41 Å². The summed E-state index contributed by atoms with van der Waals surface area (Å²) in [5, 5.41) is 4.55. The summed E-state index contributed by atoms with van der Waals surface area (Å²) < 4.78 is 11.1. The van der Waals surface area contributed by atoms with Gasteiger partial charge >= 0.3 is 0 Å². The molecule has 0 amide bonds. The Morgan fingerprint density at radius 3 is 2.60 bits per heavy atom. The summed E-state index contributed by atoms with van der Waals surface area (Å²) in [6, 6.07) is 19.9.